The van der Waals surface area contributed by atoms with E-state index < -0.39 is 0 Å². The van der Waals surface area contributed by atoms with Crippen LogP contribution in [0.15, 0.2) is 24.3 Å². The van der Waals surface area contributed by atoms with E-state index in [4.69, 9.17) is 4.74 Å². The summed E-state index contributed by atoms with van der Waals surface area (Å²) in [6, 6.07) is 9.20. The van der Waals surface area contributed by atoms with Gasteiger partial charge in [0.1, 0.15) is 5.75 Å². The van der Waals surface area contributed by atoms with Gasteiger partial charge in [-0.3, -0.25) is 0 Å². The summed E-state index contributed by atoms with van der Waals surface area (Å²) in [4.78, 5) is 2.53. The lowest BCUT2D eigenvalue weighted by Crippen LogP contribution is -2.36. The van der Waals surface area contributed by atoms with E-state index in [0.717, 1.165) is 37.9 Å². The number of anilines is 1. The molecule has 136 valence electrons. The van der Waals surface area contributed by atoms with Gasteiger partial charge in [-0.2, -0.15) is 0 Å². The van der Waals surface area contributed by atoms with Crippen molar-refractivity contribution in [3.8, 4) is 5.75 Å². The Morgan fingerprint density at radius 2 is 1.79 bits per heavy atom. The van der Waals surface area contributed by atoms with Gasteiger partial charge < -0.3 is 15.0 Å². The van der Waals surface area contributed by atoms with Crippen LogP contribution < -0.4 is 10.1 Å². The van der Waals surface area contributed by atoms with E-state index in [2.05, 4.69) is 48.5 Å². The number of hydrogen-bond acceptors (Lipinski definition) is 3. The highest BCUT2D eigenvalue weighted by Gasteiger charge is 2.17. The van der Waals surface area contributed by atoms with Crippen molar-refractivity contribution in [2.75, 3.05) is 32.1 Å². The first-order valence-corrected chi connectivity index (χ1v) is 9.96. The highest BCUT2D eigenvalue weighted by atomic mass is 16.5. The maximum Gasteiger partial charge on any atom is 0.119 e. The number of ether oxygens (including phenoxy) is 1. The largest absolute Gasteiger partial charge is 0.494 e. The molecule has 2 rings (SSSR count). The Morgan fingerprint density at radius 3 is 2.50 bits per heavy atom. The lowest BCUT2D eigenvalue weighted by atomic mass is 9.94. The predicted octanol–water partition coefficient (Wildman–Crippen LogP) is 5.32. The zero-order valence-corrected chi connectivity index (χ0v) is 15.7. The van der Waals surface area contributed by atoms with E-state index in [1.54, 1.807) is 0 Å². The van der Waals surface area contributed by atoms with E-state index in [1.165, 1.54) is 57.1 Å². The molecule has 0 saturated heterocycles. The van der Waals surface area contributed by atoms with Crippen LogP contribution in [0, 0.1) is 0 Å². The zero-order chi connectivity index (χ0) is 17.0. The first-order chi connectivity index (χ1) is 11.8. The fourth-order valence-electron chi connectivity index (χ4n) is 3.47. The van der Waals surface area contributed by atoms with Gasteiger partial charge in [0.05, 0.1) is 6.61 Å². The van der Waals surface area contributed by atoms with Crippen molar-refractivity contribution in [1.82, 2.24) is 4.90 Å². The molecule has 1 aromatic rings. The number of rotatable bonds is 11. The van der Waals surface area contributed by atoms with Crippen molar-refractivity contribution >= 4 is 5.69 Å². The van der Waals surface area contributed by atoms with Crippen molar-refractivity contribution in [1.29, 1.82) is 0 Å². The van der Waals surface area contributed by atoms with E-state index in [9.17, 15) is 0 Å². The fraction of sp³-hybridized carbons (Fsp3) is 0.714. The topological polar surface area (TPSA) is 24.5 Å². The molecule has 1 aliphatic carbocycles. The highest BCUT2D eigenvalue weighted by Crippen LogP contribution is 2.21. The first kappa shape index (κ1) is 19.1. The third-order valence-corrected chi connectivity index (χ3v) is 5.11. The molecular weight excluding hydrogens is 296 g/mol. The van der Waals surface area contributed by atoms with E-state index >= 15 is 0 Å². The minimum absolute atomic E-state index is 0.795. The third-order valence-electron chi connectivity index (χ3n) is 5.11. The first-order valence-electron chi connectivity index (χ1n) is 9.96. The van der Waals surface area contributed by atoms with Crippen LogP contribution in [0.5, 0.6) is 5.75 Å². The summed E-state index contributed by atoms with van der Waals surface area (Å²) in [5, 5.41) is 3.53. The highest BCUT2D eigenvalue weighted by molar-refractivity contribution is 5.46. The summed E-state index contributed by atoms with van der Waals surface area (Å²) < 4.78 is 5.79. The van der Waals surface area contributed by atoms with Gasteiger partial charge in [0.25, 0.3) is 0 Å². The van der Waals surface area contributed by atoms with E-state index in [-0.39, 0.29) is 0 Å². The second kappa shape index (κ2) is 11.4. The molecule has 0 spiro atoms. The standard InChI is InChI=1S/C21H36N2O/c1-3-4-5-9-18-24-21-14-12-19(13-15-21)22-16-17-23(2)20-10-7-6-8-11-20/h12-15,20,22H,3-11,16-18H2,1-2H3. The quantitative estimate of drug-likeness (QED) is 0.555. The monoisotopic (exact) mass is 332 g/mol. The van der Waals surface area contributed by atoms with Crippen LogP contribution in [0.4, 0.5) is 5.69 Å². The Hall–Kier alpha value is -1.22. The molecule has 0 amide bonds. The number of benzene rings is 1. The summed E-state index contributed by atoms with van der Waals surface area (Å²) in [5.74, 6) is 0.983. The molecule has 3 nitrogen and oxygen atoms in total. The van der Waals surface area contributed by atoms with Crippen LogP contribution in [-0.2, 0) is 0 Å². The molecule has 1 saturated carbocycles. The normalized spacial score (nSPS) is 15.6. The minimum atomic E-state index is 0.795. The Bertz CT molecular complexity index is 426. The van der Waals surface area contributed by atoms with E-state index in [0.29, 0.717) is 0 Å². The van der Waals surface area contributed by atoms with Gasteiger partial charge in [0, 0.05) is 24.8 Å². The molecule has 0 unspecified atom stereocenters. The minimum Gasteiger partial charge on any atom is -0.494 e. The molecule has 0 aliphatic heterocycles. The molecule has 0 bridgehead atoms. The maximum atomic E-state index is 5.79. The van der Waals surface area contributed by atoms with Crippen molar-refractivity contribution in [3.05, 3.63) is 24.3 Å². The molecule has 0 atom stereocenters. The third kappa shape index (κ3) is 7.12. The molecule has 1 aliphatic rings. The average Bonchev–Trinajstić information content (AvgIpc) is 2.63. The van der Waals surface area contributed by atoms with Gasteiger partial charge in [0.15, 0.2) is 0 Å². The van der Waals surface area contributed by atoms with Crippen molar-refractivity contribution in [2.24, 2.45) is 0 Å². The van der Waals surface area contributed by atoms with Crippen molar-refractivity contribution < 1.29 is 4.74 Å². The van der Waals surface area contributed by atoms with Gasteiger partial charge in [-0.05, 0) is 50.6 Å². The SMILES string of the molecule is CCCCCCOc1ccc(NCCN(C)C2CCCCC2)cc1. The smallest absolute Gasteiger partial charge is 0.119 e. The summed E-state index contributed by atoms with van der Waals surface area (Å²) in [7, 11) is 2.27. The summed E-state index contributed by atoms with van der Waals surface area (Å²) in [6.07, 6.45) is 12.0. The Labute approximate surface area is 148 Å². The van der Waals surface area contributed by atoms with Gasteiger partial charge in [0.2, 0.25) is 0 Å². The number of unbranched alkanes of at least 4 members (excludes halogenated alkanes) is 3. The summed E-state index contributed by atoms with van der Waals surface area (Å²) >= 11 is 0. The number of likely N-dealkylation sites (N-methyl/N-ethyl adjacent to an activating group) is 1. The van der Waals surface area contributed by atoms with Crippen LogP contribution in [-0.4, -0.2) is 37.7 Å². The van der Waals surface area contributed by atoms with Gasteiger partial charge >= 0.3 is 0 Å². The van der Waals surface area contributed by atoms with Crippen LogP contribution in [0.2, 0.25) is 0 Å². The van der Waals surface area contributed by atoms with Crippen LogP contribution in [0.25, 0.3) is 0 Å². The van der Waals surface area contributed by atoms with Crippen LogP contribution in [0.3, 0.4) is 0 Å². The Balaban J connectivity index is 1.60. The maximum absolute atomic E-state index is 5.79. The van der Waals surface area contributed by atoms with Gasteiger partial charge in [-0.1, -0.05) is 45.4 Å². The zero-order valence-electron chi connectivity index (χ0n) is 15.7. The molecule has 1 N–H and O–H groups in total. The molecule has 0 heterocycles. The lowest BCUT2D eigenvalue weighted by Gasteiger charge is -2.31. The molecule has 1 fully saturated rings. The fourth-order valence-corrected chi connectivity index (χ4v) is 3.47. The van der Waals surface area contributed by atoms with Gasteiger partial charge in [-0.15, -0.1) is 0 Å². The number of nitrogens with zero attached hydrogens (tertiary/aromatic N) is 1. The summed E-state index contributed by atoms with van der Waals surface area (Å²) in [6.45, 7) is 5.18. The predicted molar refractivity (Wildman–Crippen MR) is 104 cm³/mol. The average molecular weight is 333 g/mol. The molecular formula is C21H36N2O. The van der Waals surface area contributed by atoms with Gasteiger partial charge in [-0.25, -0.2) is 0 Å². The number of nitrogens with one attached hydrogen (secondary N) is 1. The van der Waals surface area contributed by atoms with Crippen molar-refractivity contribution in [3.63, 3.8) is 0 Å². The second-order valence-electron chi connectivity index (χ2n) is 7.13. The molecule has 0 aromatic heterocycles. The Kier molecular flexibility index (Phi) is 9.04. The van der Waals surface area contributed by atoms with Crippen LogP contribution >= 0.6 is 0 Å². The second-order valence-corrected chi connectivity index (χ2v) is 7.13. The molecule has 1 aromatic carbocycles. The van der Waals surface area contributed by atoms with Crippen LogP contribution in [0.1, 0.15) is 64.7 Å². The van der Waals surface area contributed by atoms with Crippen molar-refractivity contribution in [2.45, 2.75) is 70.8 Å². The number of hydrogen-bond donors (Lipinski definition) is 1. The molecule has 24 heavy (non-hydrogen) atoms. The molecule has 0 radical (unpaired) electrons. The summed E-state index contributed by atoms with van der Waals surface area (Å²) in [5.41, 5.74) is 1.19. The molecule has 3 heteroatoms. The lowest BCUT2D eigenvalue weighted by molar-refractivity contribution is 0.198. The Morgan fingerprint density at radius 1 is 1.04 bits per heavy atom. The van der Waals surface area contributed by atoms with E-state index in [1.807, 2.05) is 0 Å².